The van der Waals surface area contributed by atoms with Gasteiger partial charge in [0, 0.05) is 26.4 Å². The molecule has 0 aliphatic carbocycles. The van der Waals surface area contributed by atoms with Crippen molar-refractivity contribution in [1.82, 2.24) is 4.90 Å². The summed E-state index contributed by atoms with van der Waals surface area (Å²) in [6, 6.07) is 13.9. The molecule has 4 nitrogen and oxygen atoms in total. The number of hydrogen-bond donors (Lipinski definition) is 0. The number of carbonyl (C=O) groups excluding carboxylic acids is 2. The Morgan fingerprint density at radius 2 is 2.04 bits per heavy atom. The highest BCUT2D eigenvalue weighted by Gasteiger charge is 2.44. The largest absolute Gasteiger partial charge is 0.464 e. The summed E-state index contributed by atoms with van der Waals surface area (Å²) in [6.45, 7) is 2.03. The van der Waals surface area contributed by atoms with Gasteiger partial charge in [-0.1, -0.05) is 51.8 Å². The van der Waals surface area contributed by atoms with Crippen molar-refractivity contribution in [2.45, 2.75) is 18.3 Å². The lowest BCUT2D eigenvalue weighted by Gasteiger charge is -2.29. The average molecular weight is 455 g/mol. The van der Waals surface area contributed by atoms with Gasteiger partial charge in [0.2, 0.25) is 0 Å². The van der Waals surface area contributed by atoms with Gasteiger partial charge in [-0.25, -0.2) is 4.79 Å². The third-order valence-electron chi connectivity index (χ3n) is 4.04. The lowest BCUT2D eigenvalue weighted by molar-refractivity contribution is -0.147. The van der Waals surface area contributed by atoms with Crippen LogP contribution in [0.2, 0.25) is 5.02 Å². The highest BCUT2D eigenvalue weighted by atomic mass is 79.9. The van der Waals surface area contributed by atoms with Crippen LogP contribution < -0.4 is 0 Å². The fourth-order valence-electron chi connectivity index (χ4n) is 2.86. The van der Waals surface area contributed by atoms with Crippen LogP contribution in [0.5, 0.6) is 0 Å². The molecule has 3 rings (SSSR count). The summed E-state index contributed by atoms with van der Waals surface area (Å²) in [7, 11) is 0. The molecule has 0 N–H and O–H groups in total. The molecule has 1 fully saturated rings. The zero-order valence-electron chi connectivity index (χ0n) is 14.0. The Bertz CT molecular complexity index is 832. The van der Waals surface area contributed by atoms with Crippen molar-refractivity contribution in [1.29, 1.82) is 0 Å². The maximum absolute atomic E-state index is 13.3. The van der Waals surface area contributed by atoms with E-state index in [-0.39, 0.29) is 17.9 Å². The molecule has 2 atom stereocenters. The Labute approximate surface area is 170 Å². The standard InChI is InChI=1S/C19H17BrClNO3S/c1-2-25-19(24)16-11-26-18(14-8-3-4-9-15(14)21)22(16)17(23)12-6-5-7-13(20)10-12/h3-10,16,18H,2,11H2,1H3. The van der Waals surface area contributed by atoms with Crippen molar-refractivity contribution in [3.63, 3.8) is 0 Å². The van der Waals surface area contributed by atoms with E-state index in [0.29, 0.717) is 16.3 Å². The first kappa shape index (κ1) is 19.3. The van der Waals surface area contributed by atoms with Gasteiger partial charge in [0.1, 0.15) is 11.4 Å². The van der Waals surface area contributed by atoms with Crippen LogP contribution in [0.1, 0.15) is 28.2 Å². The molecular weight excluding hydrogens is 438 g/mol. The van der Waals surface area contributed by atoms with Gasteiger partial charge in [0.25, 0.3) is 5.91 Å². The quantitative estimate of drug-likeness (QED) is 0.615. The molecule has 1 heterocycles. The topological polar surface area (TPSA) is 46.6 Å². The Hall–Kier alpha value is -1.50. The fraction of sp³-hybridized carbons (Fsp3) is 0.263. The van der Waals surface area contributed by atoms with Crippen LogP contribution in [0, 0.1) is 0 Å². The van der Waals surface area contributed by atoms with Gasteiger partial charge in [-0.15, -0.1) is 11.8 Å². The minimum atomic E-state index is -0.646. The van der Waals surface area contributed by atoms with Crippen molar-refractivity contribution < 1.29 is 14.3 Å². The SMILES string of the molecule is CCOC(=O)C1CSC(c2ccccc2Cl)N1C(=O)c1cccc(Br)c1. The van der Waals surface area contributed by atoms with Crippen LogP contribution in [0.4, 0.5) is 0 Å². The van der Waals surface area contributed by atoms with Crippen LogP contribution in [0.15, 0.2) is 53.0 Å². The molecule has 1 amide bonds. The maximum atomic E-state index is 13.3. The lowest BCUT2D eigenvalue weighted by atomic mass is 10.1. The van der Waals surface area contributed by atoms with Gasteiger partial charge < -0.3 is 9.64 Å². The van der Waals surface area contributed by atoms with Crippen molar-refractivity contribution in [3.8, 4) is 0 Å². The summed E-state index contributed by atoms with van der Waals surface area (Å²) in [5, 5.41) is 0.228. The number of carbonyl (C=O) groups is 2. The number of ether oxygens (including phenoxy) is 1. The van der Waals surface area contributed by atoms with Crippen LogP contribution >= 0.6 is 39.3 Å². The maximum Gasteiger partial charge on any atom is 0.329 e. The number of benzene rings is 2. The number of nitrogens with zero attached hydrogens (tertiary/aromatic N) is 1. The van der Waals surface area contributed by atoms with E-state index >= 15 is 0 Å². The molecule has 0 radical (unpaired) electrons. The van der Waals surface area contributed by atoms with Gasteiger partial charge in [-0.3, -0.25) is 4.79 Å². The first-order valence-corrected chi connectivity index (χ1v) is 10.4. The average Bonchev–Trinajstić information content (AvgIpc) is 3.06. The van der Waals surface area contributed by atoms with Crippen molar-refractivity contribution in [2.24, 2.45) is 0 Å². The number of halogens is 2. The van der Waals surface area contributed by atoms with E-state index in [4.69, 9.17) is 16.3 Å². The van der Waals surface area contributed by atoms with Gasteiger partial charge in [0.15, 0.2) is 0 Å². The second-order valence-electron chi connectivity index (χ2n) is 5.70. The van der Waals surface area contributed by atoms with E-state index in [1.165, 1.54) is 11.8 Å². The van der Waals surface area contributed by atoms with Gasteiger partial charge in [-0.2, -0.15) is 0 Å². The van der Waals surface area contributed by atoms with Crippen LogP contribution in [0.3, 0.4) is 0 Å². The molecule has 2 unspecified atom stereocenters. The fourth-order valence-corrected chi connectivity index (χ4v) is 5.01. The third-order valence-corrected chi connectivity index (χ3v) is 6.18. The van der Waals surface area contributed by atoms with E-state index in [1.807, 2.05) is 24.3 Å². The number of hydrogen-bond acceptors (Lipinski definition) is 4. The number of rotatable bonds is 4. The molecule has 2 aromatic carbocycles. The van der Waals surface area contributed by atoms with Gasteiger partial charge >= 0.3 is 5.97 Å². The molecule has 7 heteroatoms. The molecule has 136 valence electrons. The van der Waals surface area contributed by atoms with Crippen LogP contribution in [-0.2, 0) is 9.53 Å². The number of esters is 1. The van der Waals surface area contributed by atoms with Gasteiger partial charge in [-0.05, 0) is 31.2 Å². The summed E-state index contributed by atoms with van der Waals surface area (Å²) < 4.78 is 5.99. The monoisotopic (exact) mass is 453 g/mol. The zero-order chi connectivity index (χ0) is 18.7. The Kier molecular flexibility index (Phi) is 6.27. The van der Waals surface area contributed by atoms with Crippen molar-refractivity contribution >= 4 is 51.2 Å². The summed E-state index contributed by atoms with van der Waals surface area (Å²) in [6.07, 6.45) is 0. The van der Waals surface area contributed by atoms with E-state index in [2.05, 4.69) is 15.9 Å². The van der Waals surface area contributed by atoms with Crippen molar-refractivity contribution in [2.75, 3.05) is 12.4 Å². The molecule has 2 aromatic rings. The molecule has 0 spiro atoms. The third kappa shape index (κ3) is 3.92. The normalized spacial score (nSPS) is 19.4. The highest BCUT2D eigenvalue weighted by molar-refractivity contribution is 9.10. The molecular formula is C19H17BrClNO3S. The summed E-state index contributed by atoms with van der Waals surface area (Å²) in [4.78, 5) is 27.3. The number of thioether (sulfide) groups is 1. The first-order valence-electron chi connectivity index (χ1n) is 8.13. The molecule has 0 saturated carbocycles. The van der Waals surface area contributed by atoms with E-state index in [9.17, 15) is 9.59 Å². The highest BCUT2D eigenvalue weighted by Crippen LogP contribution is 2.44. The second-order valence-corrected chi connectivity index (χ2v) is 8.13. The minimum Gasteiger partial charge on any atom is -0.464 e. The van der Waals surface area contributed by atoms with Crippen LogP contribution in [0.25, 0.3) is 0 Å². The minimum absolute atomic E-state index is 0.223. The van der Waals surface area contributed by atoms with Crippen molar-refractivity contribution in [3.05, 3.63) is 69.2 Å². The summed E-state index contributed by atoms with van der Waals surface area (Å²) in [5.74, 6) is -0.147. The molecule has 26 heavy (non-hydrogen) atoms. The summed E-state index contributed by atoms with van der Waals surface area (Å²) >= 11 is 11.3. The van der Waals surface area contributed by atoms with E-state index in [1.54, 1.807) is 36.1 Å². The summed E-state index contributed by atoms with van der Waals surface area (Å²) in [5.41, 5.74) is 1.32. The molecule has 0 bridgehead atoms. The molecule has 1 saturated heterocycles. The zero-order valence-corrected chi connectivity index (χ0v) is 17.2. The molecule has 0 aromatic heterocycles. The molecule has 1 aliphatic heterocycles. The lowest BCUT2D eigenvalue weighted by Crippen LogP contribution is -2.43. The van der Waals surface area contributed by atoms with Gasteiger partial charge in [0.05, 0.1) is 6.61 Å². The van der Waals surface area contributed by atoms with E-state index in [0.717, 1.165) is 10.0 Å². The first-order chi connectivity index (χ1) is 12.5. The Morgan fingerprint density at radius 1 is 1.27 bits per heavy atom. The van der Waals surface area contributed by atoms with E-state index < -0.39 is 12.0 Å². The van der Waals surface area contributed by atoms with Crippen LogP contribution in [-0.4, -0.2) is 35.2 Å². The predicted octanol–water partition coefficient (Wildman–Crippen LogP) is 4.92. The Morgan fingerprint density at radius 3 is 2.73 bits per heavy atom. The Balaban J connectivity index is 2.01. The molecule has 1 aliphatic rings. The smallest absolute Gasteiger partial charge is 0.329 e. The number of amides is 1. The predicted molar refractivity (Wildman–Crippen MR) is 107 cm³/mol. The second kappa shape index (κ2) is 8.46.